The minimum Gasteiger partial charge on any atom is -0.399 e. The maximum absolute atomic E-state index is 5.68. The molecule has 1 atom stereocenters. The van der Waals surface area contributed by atoms with Crippen LogP contribution in [0.3, 0.4) is 0 Å². The molecule has 0 bridgehead atoms. The molecule has 3 heteroatoms. The van der Waals surface area contributed by atoms with E-state index in [1.165, 1.54) is 18.7 Å². The number of nitrogens with zero attached hydrogens (tertiary/aromatic N) is 1. The van der Waals surface area contributed by atoms with E-state index in [0.717, 1.165) is 18.3 Å². The lowest BCUT2D eigenvalue weighted by molar-refractivity contribution is -0.882. The zero-order valence-corrected chi connectivity index (χ0v) is 9.53. The first-order valence-corrected chi connectivity index (χ1v) is 5.57. The van der Waals surface area contributed by atoms with E-state index in [4.69, 9.17) is 5.73 Å². The maximum Gasteiger partial charge on any atom is 0.106 e. The fourth-order valence-electron chi connectivity index (χ4n) is 2.15. The van der Waals surface area contributed by atoms with Gasteiger partial charge in [-0.1, -0.05) is 0 Å². The second kappa shape index (κ2) is 4.11. The van der Waals surface area contributed by atoms with Gasteiger partial charge in [0.25, 0.3) is 0 Å². The van der Waals surface area contributed by atoms with Crippen molar-refractivity contribution in [3.05, 3.63) is 24.3 Å². The van der Waals surface area contributed by atoms with E-state index in [1.807, 2.05) is 12.1 Å². The lowest BCUT2D eigenvalue weighted by atomic mass is 10.2. The second-order valence-corrected chi connectivity index (χ2v) is 4.60. The van der Waals surface area contributed by atoms with Gasteiger partial charge in [0.1, 0.15) is 6.04 Å². The number of nitrogen functional groups attached to an aromatic ring is 1. The average Bonchev–Trinajstić information content (AvgIpc) is 2.68. The van der Waals surface area contributed by atoms with Gasteiger partial charge in [-0.3, -0.25) is 0 Å². The lowest BCUT2D eigenvalue weighted by Gasteiger charge is -2.20. The number of benzene rings is 1. The molecule has 0 saturated carbocycles. The summed E-state index contributed by atoms with van der Waals surface area (Å²) in [6, 6.07) is 8.95. The highest BCUT2D eigenvalue weighted by Gasteiger charge is 2.26. The first kappa shape index (κ1) is 10.3. The van der Waals surface area contributed by atoms with E-state index >= 15 is 0 Å². The number of likely N-dealkylation sites (N-methyl/N-ethyl adjacent to an activating group) is 1. The quantitative estimate of drug-likeness (QED) is 0.668. The van der Waals surface area contributed by atoms with Gasteiger partial charge in [-0.15, -0.1) is 0 Å². The third kappa shape index (κ3) is 2.23. The molecular weight excluding hydrogens is 186 g/mol. The molecule has 1 heterocycles. The first-order valence-electron chi connectivity index (χ1n) is 5.57. The minimum atomic E-state index is 0.766. The summed E-state index contributed by atoms with van der Waals surface area (Å²) in [5, 5.41) is 0. The molecule has 1 fully saturated rings. The number of nitrogens with two attached hydrogens (primary N) is 1. The summed E-state index contributed by atoms with van der Waals surface area (Å²) >= 11 is 0. The highest BCUT2D eigenvalue weighted by molar-refractivity contribution is 5.53. The number of nitrogens with one attached hydrogen (secondary N) is 1. The largest absolute Gasteiger partial charge is 0.399 e. The molecule has 2 rings (SSSR count). The van der Waals surface area contributed by atoms with Crippen LogP contribution in [0.5, 0.6) is 0 Å². The summed E-state index contributed by atoms with van der Waals surface area (Å²) in [6.45, 7) is 2.33. The standard InChI is InChI=1S/C12H19N3/c1-14(2)12-7-8-15(9-12)11-5-3-10(13)4-6-11/h3-6,12H,7-9,13H2,1-2H3/p+1. The Morgan fingerprint density at radius 1 is 1.27 bits per heavy atom. The third-order valence-corrected chi connectivity index (χ3v) is 3.26. The molecule has 1 aliphatic rings. The predicted molar refractivity (Wildman–Crippen MR) is 64.3 cm³/mol. The normalized spacial score (nSPS) is 21.3. The molecule has 15 heavy (non-hydrogen) atoms. The van der Waals surface area contributed by atoms with Crippen molar-refractivity contribution in [2.75, 3.05) is 37.8 Å². The van der Waals surface area contributed by atoms with Crippen molar-refractivity contribution in [1.29, 1.82) is 0 Å². The average molecular weight is 206 g/mol. The molecule has 1 aromatic rings. The molecule has 0 aliphatic carbocycles. The number of quaternary nitrogens is 1. The monoisotopic (exact) mass is 206 g/mol. The van der Waals surface area contributed by atoms with Crippen LogP contribution in [0, 0.1) is 0 Å². The smallest absolute Gasteiger partial charge is 0.106 e. The highest BCUT2D eigenvalue weighted by atomic mass is 15.2. The van der Waals surface area contributed by atoms with Gasteiger partial charge in [0.05, 0.1) is 20.6 Å². The Balaban J connectivity index is 2.04. The molecule has 82 valence electrons. The molecule has 0 aromatic heterocycles. The third-order valence-electron chi connectivity index (χ3n) is 3.26. The van der Waals surface area contributed by atoms with Crippen molar-refractivity contribution >= 4 is 11.4 Å². The van der Waals surface area contributed by atoms with Crippen molar-refractivity contribution in [2.24, 2.45) is 0 Å². The highest BCUT2D eigenvalue weighted by Crippen LogP contribution is 2.20. The molecule has 1 aliphatic heterocycles. The Morgan fingerprint density at radius 3 is 2.47 bits per heavy atom. The number of rotatable bonds is 2. The van der Waals surface area contributed by atoms with E-state index in [1.54, 1.807) is 4.90 Å². The molecular formula is C12H20N3+. The molecule has 1 saturated heterocycles. The van der Waals surface area contributed by atoms with Crippen LogP contribution in [-0.2, 0) is 0 Å². The van der Waals surface area contributed by atoms with Gasteiger partial charge >= 0.3 is 0 Å². The molecule has 1 unspecified atom stereocenters. The summed E-state index contributed by atoms with van der Waals surface area (Å²) in [6.07, 6.45) is 1.28. The molecule has 0 radical (unpaired) electrons. The van der Waals surface area contributed by atoms with E-state index in [9.17, 15) is 0 Å². The second-order valence-electron chi connectivity index (χ2n) is 4.60. The summed E-state index contributed by atoms with van der Waals surface area (Å²) in [5.74, 6) is 0. The van der Waals surface area contributed by atoms with Gasteiger partial charge in [0.2, 0.25) is 0 Å². The van der Waals surface area contributed by atoms with Crippen LogP contribution in [0.2, 0.25) is 0 Å². The van der Waals surface area contributed by atoms with E-state index in [-0.39, 0.29) is 0 Å². The molecule has 0 spiro atoms. The van der Waals surface area contributed by atoms with Crippen molar-refractivity contribution in [3.8, 4) is 0 Å². The van der Waals surface area contributed by atoms with Crippen LogP contribution >= 0.6 is 0 Å². The van der Waals surface area contributed by atoms with Gasteiger partial charge in [0.15, 0.2) is 0 Å². The van der Waals surface area contributed by atoms with Crippen molar-refractivity contribution in [2.45, 2.75) is 12.5 Å². The zero-order valence-electron chi connectivity index (χ0n) is 9.53. The summed E-state index contributed by atoms with van der Waals surface area (Å²) in [7, 11) is 4.47. The van der Waals surface area contributed by atoms with Crippen molar-refractivity contribution in [1.82, 2.24) is 0 Å². The number of hydrogen-bond donors (Lipinski definition) is 2. The van der Waals surface area contributed by atoms with Crippen LogP contribution in [0.15, 0.2) is 24.3 Å². The fraction of sp³-hybridized carbons (Fsp3) is 0.500. The molecule has 0 amide bonds. The first-order chi connectivity index (χ1) is 7.16. The Morgan fingerprint density at radius 2 is 1.93 bits per heavy atom. The summed E-state index contributed by atoms with van der Waals surface area (Å²) in [5.41, 5.74) is 7.82. The maximum atomic E-state index is 5.68. The molecule has 3 N–H and O–H groups in total. The van der Waals surface area contributed by atoms with Crippen LogP contribution < -0.4 is 15.5 Å². The Hall–Kier alpha value is -1.22. The summed E-state index contributed by atoms with van der Waals surface area (Å²) in [4.78, 5) is 3.99. The topological polar surface area (TPSA) is 33.7 Å². The van der Waals surface area contributed by atoms with Crippen molar-refractivity contribution < 1.29 is 4.90 Å². The minimum absolute atomic E-state index is 0.766. The number of hydrogen-bond acceptors (Lipinski definition) is 2. The molecule has 1 aromatic carbocycles. The Labute approximate surface area is 91.5 Å². The Bertz CT molecular complexity index is 318. The van der Waals surface area contributed by atoms with E-state index in [0.29, 0.717) is 0 Å². The van der Waals surface area contributed by atoms with Crippen LogP contribution in [0.4, 0.5) is 11.4 Å². The van der Waals surface area contributed by atoms with E-state index < -0.39 is 0 Å². The van der Waals surface area contributed by atoms with Gasteiger partial charge in [-0.05, 0) is 24.3 Å². The lowest BCUT2D eigenvalue weighted by Crippen LogP contribution is -3.10. The van der Waals surface area contributed by atoms with Gasteiger partial charge < -0.3 is 15.5 Å². The number of anilines is 2. The van der Waals surface area contributed by atoms with Crippen LogP contribution in [0.1, 0.15) is 6.42 Å². The summed E-state index contributed by atoms with van der Waals surface area (Å²) < 4.78 is 0. The van der Waals surface area contributed by atoms with Gasteiger partial charge in [0, 0.05) is 24.3 Å². The van der Waals surface area contributed by atoms with Gasteiger partial charge in [-0.2, -0.15) is 0 Å². The Kier molecular flexibility index (Phi) is 2.82. The fourth-order valence-corrected chi connectivity index (χ4v) is 2.15. The van der Waals surface area contributed by atoms with E-state index in [2.05, 4.69) is 31.1 Å². The van der Waals surface area contributed by atoms with Crippen LogP contribution in [-0.4, -0.2) is 33.2 Å². The zero-order chi connectivity index (χ0) is 10.8. The van der Waals surface area contributed by atoms with Crippen molar-refractivity contribution in [3.63, 3.8) is 0 Å². The van der Waals surface area contributed by atoms with Gasteiger partial charge in [-0.25, -0.2) is 0 Å². The SMILES string of the molecule is C[NH+](C)C1CCN(c2ccc(N)cc2)C1. The predicted octanol–water partition coefficient (Wildman–Crippen LogP) is -0.00800. The van der Waals surface area contributed by atoms with Crippen LogP contribution in [0.25, 0.3) is 0 Å². The molecule has 3 nitrogen and oxygen atoms in total.